The molecule has 30 heavy (non-hydrogen) atoms. The van der Waals surface area contributed by atoms with Crippen LogP contribution in [-0.2, 0) is 16.1 Å². The van der Waals surface area contributed by atoms with Crippen LogP contribution < -0.4 is 9.64 Å². The Labute approximate surface area is 186 Å². The van der Waals surface area contributed by atoms with E-state index >= 15 is 0 Å². The Kier molecular flexibility index (Phi) is 6.15. The van der Waals surface area contributed by atoms with Gasteiger partial charge in [0.05, 0.1) is 23.9 Å². The van der Waals surface area contributed by atoms with Crippen molar-refractivity contribution < 1.29 is 19.1 Å². The topological polar surface area (TPSA) is 68.7 Å². The highest BCUT2D eigenvalue weighted by atomic mass is 79.9. The number of halogens is 1. The quantitative estimate of drug-likeness (QED) is 0.455. The molecule has 0 atom stereocenters. The number of carbonyl (C=O) groups is 2. The fourth-order valence-corrected chi connectivity index (χ4v) is 4.45. The Balaban J connectivity index is 1.40. The van der Waals surface area contributed by atoms with Gasteiger partial charge < -0.3 is 14.4 Å². The molecule has 0 N–H and O–H groups in total. The molecule has 1 amide bonds. The number of ether oxygens (including phenoxy) is 2. The summed E-state index contributed by atoms with van der Waals surface area (Å²) in [7, 11) is 1.62. The molecular formula is C22H19BrN2O4S. The van der Waals surface area contributed by atoms with E-state index < -0.39 is 5.97 Å². The zero-order chi connectivity index (χ0) is 21.1. The third-order valence-corrected chi connectivity index (χ3v) is 6.20. The van der Waals surface area contributed by atoms with Crippen LogP contribution in [0.15, 0.2) is 52.3 Å². The lowest BCUT2D eigenvalue weighted by Crippen LogP contribution is -2.23. The third kappa shape index (κ3) is 4.39. The number of hydrogen-bond acceptors (Lipinski definition) is 6. The molecule has 154 valence electrons. The first-order valence-corrected chi connectivity index (χ1v) is 11.1. The maximum atomic E-state index is 12.4. The van der Waals surface area contributed by atoms with Crippen LogP contribution in [-0.4, -0.2) is 30.5 Å². The fourth-order valence-electron chi connectivity index (χ4n) is 3.27. The molecule has 1 aliphatic heterocycles. The van der Waals surface area contributed by atoms with Crippen LogP contribution in [0.2, 0.25) is 0 Å². The summed E-state index contributed by atoms with van der Waals surface area (Å²) in [6.45, 7) is 0.801. The van der Waals surface area contributed by atoms with Gasteiger partial charge in [-0.1, -0.05) is 15.9 Å². The molecule has 3 aromatic rings. The van der Waals surface area contributed by atoms with E-state index in [1.807, 2.05) is 23.6 Å². The second-order valence-corrected chi connectivity index (χ2v) is 8.53. The van der Waals surface area contributed by atoms with Gasteiger partial charge in [0.15, 0.2) is 0 Å². The fraction of sp³-hybridized carbons (Fsp3) is 0.227. The van der Waals surface area contributed by atoms with E-state index in [2.05, 4.69) is 20.9 Å². The monoisotopic (exact) mass is 486 g/mol. The summed E-state index contributed by atoms with van der Waals surface area (Å²) in [5, 5.41) is 2.66. The van der Waals surface area contributed by atoms with Crippen molar-refractivity contribution in [3.8, 4) is 16.3 Å². The van der Waals surface area contributed by atoms with Gasteiger partial charge in [-0.3, -0.25) is 4.79 Å². The van der Waals surface area contributed by atoms with Crippen LogP contribution >= 0.6 is 27.3 Å². The number of hydrogen-bond donors (Lipinski definition) is 0. The number of anilines is 1. The maximum absolute atomic E-state index is 12.4. The molecule has 8 heteroatoms. The van der Waals surface area contributed by atoms with E-state index in [9.17, 15) is 9.59 Å². The number of amides is 1. The molecule has 6 nitrogen and oxygen atoms in total. The minimum Gasteiger partial charge on any atom is -0.496 e. The van der Waals surface area contributed by atoms with E-state index in [0.29, 0.717) is 17.7 Å². The zero-order valence-electron chi connectivity index (χ0n) is 16.3. The van der Waals surface area contributed by atoms with Crippen LogP contribution in [0.1, 0.15) is 28.9 Å². The van der Waals surface area contributed by atoms with Gasteiger partial charge in [0.1, 0.15) is 17.4 Å². The summed E-state index contributed by atoms with van der Waals surface area (Å²) >= 11 is 4.93. The first-order chi connectivity index (χ1) is 14.5. The Morgan fingerprint density at radius 1 is 1.23 bits per heavy atom. The molecule has 0 spiro atoms. The molecular weight excluding hydrogens is 468 g/mol. The molecule has 1 fully saturated rings. The Morgan fingerprint density at radius 2 is 2.03 bits per heavy atom. The number of thiazole rings is 1. The van der Waals surface area contributed by atoms with E-state index in [0.717, 1.165) is 39.4 Å². The Bertz CT molecular complexity index is 1080. The number of rotatable bonds is 6. The number of aromatic nitrogens is 1. The van der Waals surface area contributed by atoms with Gasteiger partial charge in [0, 0.05) is 28.5 Å². The average Bonchev–Trinajstić information content (AvgIpc) is 3.41. The molecule has 0 radical (unpaired) electrons. The first kappa shape index (κ1) is 20.6. The maximum Gasteiger partial charge on any atom is 0.338 e. The van der Waals surface area contributed by atoms with Gasteiger partial charge in [-0.05, 0) is 48.9 Å². The molecule has 2 heterocycles. The van der Waals surface area contributed by atoms with E-state index in [1.54, 1.807) is 36.3 Å². The Hall–Kier alpha value is -2.71. The van der Waals surface area contributed by atoms with Crippen molar-refractivity contribution in [1.29, 1.82) is 0 Å². The summed E-state index contributed by atoms with van der Waals surface area (Å²) in [5.74, 6) is 0.420. The van der Waals surface area contributed by atoms with Gasteiger partial charge in [-0.15, -0.1) is 11.3 Å². The number of esters is 1. The summed E-state index contributed by atoms with van der Waals surface area (Å²) in [5.41, 5.74) is 2.79. The van der Waals surface area contributed by atoms with Gasteiger partial charge in [-0.25, -0.2) is 9.78 Å². The van der Waals surface area contributed by atoms with E-state index in [1.165, 1.54) is 11.3 Å². The van der Waals surface area contributed by atoms with Crippen molar-refractivity contribution in [2.45, 2.75) is 19.4 Å². The minimum atomic E-state index is -0.427. The molecule has 1 aliphatic rings. The number of carbonyl (C=O) groups excluding carboxylic acids is 2. The molecule has 0 unspecified atom stereocenters. The van der Waals surface area contributed by atoms with Gasteiger partial charge in [-0.2, -0.15) is 0 Å². The highest BCUT2D eigenvalue weighted by molar-refractivity contribution is 9.10. The van der Waals surface area contributed by atoms with Crippen LogP contribution in [0.5, 0.6) is 5.75 Å². The molecule has 4 rings (SSSR count). The lowest BCUT2D eigenvalue weighted by Gasteiger charge is -2.15. The molecule has 0 aliphatic carbocycles. The molecule has 2 aromatic carbocycles. The van der Waals surface area contributed by atoms with Gasteiger partial charge >= 0.3 is 5.97 Å². The standard InChI is InChI=1S/C22H19BrN2O4S/c1-28-19-9-6-15(23)11-18(19)21-24-16(13-30-21)12-29-22(27)14-4-7-17(8-5-14)25-10-2-3-20(25)26/h4-9,11,13H,2-3,10,12H2,1H3. The van der Waals surface area contributed by atoms with Crippen LogP contribution in [0.3, 0.4) is 0 Å². The van der Waals surface area contributed by atoms with Crippen molar-refractivity contribution in [3.63, 3.8) is 0 Å². The molecule has 0 bridgehead atoms. The summed E-state index contributed by atoms with van der Waals surface area (Å²) in [6.07, 6.45) is 1.44. The SMILES string of the molecule is COc1ccc(Br)cc1-c1nc(COC(=O)c2ccc(N3CCCC3=O)cc2)cs1. The minimum absolute atomic E-state index is 0.0814. The van der Waals surface area contributed by atoms with Crippen molar-refractivity contribution in [1.82, 2.24) is 4.98 Å². The molecule has 1 aromatic heterocycles. The smallest absolute Gasteiger partial charge is 0.338 e. The average molecular weight is 487 g/mol. The third-order valence-electron chi connectivity index (χ3n) is 4.78. The summed E-state index contributed by atoms with van der Waals surface area (Å²) in [6, 6.07) is 12.6. The predicted molar refractivity (Wildman–Crippen MR) is 119 cm³/mol. The Morgan fingerprint density at radius 3 is 2.73 bits per heavy atom. The largest absolute Gasteiger partial charge is 0.496 e. The van der Waals surface area contributed by atoms with Crippen molar-refractivity contribution >= 4 is 44.8 Å². The van der Waals surface area contributed by atoms with Crippen LogP contribution in [0.4, 0.5) is 5.69 Å². The van der Waals surface area contributed by atoms with Crippen molar-refractivity contribution in [3.05, 3.63) is 63.6 Å². The first-order valence-electron chi connectivity index (χ1n) is 9.41. The predicted octanol–water partition coefficient (Wildman–Crippen LogP) is 5.07. The second-order valence-electron chi connectivity index (χ2n) is 6.76. The van der Waals surface area contributed by atoms with Crippen molar-refractivity contribution in [2.24, 2.45) is 0 Å². The van der Waals surface area contributed by atoms with Crippen LogP contribution in [0, 0.1) is 0 Å². The lowest BCUT2D eigenvalue weighted by atomic mass is 10.2. The van der Waals surface area contributed by atoms with Gasteiger partial charge in [0.2, 0.25) is 5.91 Å². The summed E-state index contributed by atoms with van der Waals surface area (Å²) in [4.78, 5) is 30.5. The summed E-state index contributed by atoms with van der Waals surface area (Å²) < 4.78 is 11.8. The lowest BCUT2D eigenvalue weighted by molar-refractivity contribution is -0.117. The number of nitrogens with zero attached hydrogens (tertiary/aromatic N) is 2. The normalized spacial score (nSPS) is 13.5. The van der Waals surface area contributed by atoms with E-state index in [-0.39, 0.29) is 12.5 Å². The van der Waals surface area contributed by atoms with Crippen molar-refractivity contribution in [2.75, 3.05) is 18.6 Å². The second kappa shape index (κ2) is 8.97. The zero-order valence-corrected chi connectivity index (χ0v) is 18.7. The van der Waals surface area contributed by atoms with Crippen LogP contribution in [0.25, 0.3) is 10.6 Å². The number of methoxy groups -OCH3 is 1. The number of benzene rings is 2. The van der Waals surface area contributed by atoms with Gasteiger partial charge in [0.25, 0.3) is 0 Å². The van der Waals surface area contributed by atoms with E-state index in [4.69, 9.17) is 9.47 Å². The molecule has 0 saturated carbocycles. The highest BCUT2D eigenvalue weighted by Crippen LogP contribution is 2.34. The highest BCUT2D eigenvalue weighted by Gasteiger charge is 2.22. The molecule has 1 saturated heterocycles.